The molecular formula is C20H34N2O5. The van der Waals surface area contributed by atoms with Crippen LogP contribution in [0.5, 0.6) is 17.2 Å². The Morgan fingerprint density at radius 3 is 2.70 bits per heavy atom. The van der Waals surface area contributed by atoms with E-state index in [9.17, 15) is 4.79 Å². The smallest absolute Gasteiger partial charge is 0.320 e. The Morgan fingerprint density at radius 2 is 2.15 bits per heavy atom. The van der Waals surface area contributed by atoms with Gasteiger partial charge in [-0.05, 0) is 37.9 Å². The first-order valence-electron chi connectivity index (χ1n) is 9.65. The Morgan fingerprint density at radius 1 is 1.41 bits per heavy atom. The SMILES string of the molecule is CC(C)[C@H](N)C(=O)O.CCCCNCC1COc2cccc(OCC)c2O1. The first-order valence-corrected chi connectivity index (χ1v) is 9.65. The number of carboxylic acid groups (broad SMARTS) is 1. The van der Waals surface area contributed by atoms with Crippen molar-refractivity contribution in [1.29, 1.82) is 0 Å². The van der Waals surface area contributed by atoms with Gasteiger partial charge >= 0.3 is 5.97 Å². The maximum atomic E-state index is 10.0. The number of benzene rings is 1. The van der Waals surface area contributed by atoms with E-state index in [1.165, 1.54) is 12.8 Å². The number of rotatable bonds is 9. The van der Waals surface area contributed by atoms with E-state index in [4.69, 9.17) is 25.1 Å². The minimum atomic E-state index is -0.931. The van der Waals surface area contributed by atoms with E-state index in [2.05, 4.69) is 12.2 Å². The van der Waals surface area contributed by atoms with Gasteiger partial charge in [-0.15, -0.1) is 0 Å². The van der Waals surface area contributed by atoms with Gasteiger partial charge in [0.2, 0.25) is 5.75 Å². The number of carboxylic acids is 1. The molecule has 27 heavy (non-hydrogen) atoms. The molecule has 0 fully saturated rings. The van der Waals surface area contributed by atoms with Gasteiger partial charge in [-0.25, -0.2) is 0 Å². The molecule has 1 unspecified atom stereocenters. The summed E-state index contributed by atoms with van der Waals surface area (Å²) in [5.41, 5.74) is 5.16. The average molecular weight is 383 g/mol. The van der Waals surface area contributed by atoms with Gasteiger partial charge in [-0.1, -0.05) is 33.3 Å². The second-order valence-corrected chi connectivity index (χ2v) is 6.73. The number of aliphatic carboxylic acids is 1. The average Bonchev–Trinajstić information content (AvgIpc) is 2.65. The van der Waals surface area contributed by atoms with Crippen LogP contribution in [0.1, 0.15) is 40.5 Å². The number of para-hydroxylation sites is 1. The van der Waals surface area contributed by atoms with Gasteiger partial charge in [-0.2, -0.15) is 0 Å². The van der Waals surface area contributed by atoms with Gasteiger partial charge in [0.15, 0.2) is 11.5 Å². The molecule has 1 aromatic rings. The van der Waals surface area contributed by atoms with Crippen molar-refractivity contribution in [3.05, 3.63) is 18.2 Å². The van der Waals surface area contributed by atoms with Crippen molar-refractivity contribution in [2.24, 2.45) is 11.7 Å². The van der Waals surface area contributed by atoms with Gasteiger partial charge in [-0.3, -0.25) is 4.79 Å². The third-order valence-corrected chi connectivity index (χ3v) is 4.03. The highest BCUT2D eigenvalue weighted by molar-refractivity contribution is 5.73. The fourth-order valence-electron chi connectivity index (χ4n) is 2.33. The maximum Gasteiger partial charge on any atom is 0.320 e. The fourth-order valence-corrected chi connectivity index (χ4v) is 2.33. The summed E-state index contributed by atoms with van der Waals surface area (Å²) in [4.78, 5) is 10.0. The summed E-state index contributed by atoms with van der Waals surface area (Å²) in [5, 5.41) is 11.6. The number of nitrogens with one attached hydrogen (secondary N) is 1. The van der Waals surface area contributed by atoms with E-state index >= 15 is 0 Å². The van der Waals surface area contributed by atoms with Crippen LogP contribution in [0.4, 0.5) is 0 Å². The Labute approximate surface area is 162 Å². The monoisotopic (exact) mass is 382 g/mol. The van der Waals surface area contributed by atoms with Crippen molar-refractivity contribution in [3.8, 4) is 17.2 Å². The van der Waals surface area contributed by atoms with Crippen LogP contribution in [0.25, 0.3) is 0 Å². The minimum absolute atomic E-state index is 0.0208. The normalized spacial score (nSPS) is 16.3. The van der Waals surface area contributed by atoms with E-state index in [0.29, 0.717) is 13.2 Å². The van der Waals surface area contributed by atoms with E-state index in [1.54, 1.807) is 13.8 Å². The topological polar surface area (TPSA) is 103 Å². The molecule has 0 amide bonds. The second kappa shape index (κ2) is 12.4. The molecule has 0 bridgehead atoms. The van der Waals surface area contributed by atoms with Crippen LogP contribution in [0.3, 0.4) is 0 Å². The van der Waals surface area contributed by atoms with Gasteiger partial charge < -0.3 is 30.4 Å². The summed E-state index contributed by atoms with van der Waals surface area (Å²) >= 11 is 0. The lowest BCUT2D eigenvalue weighted by Crippen LogP contribution is -2.38. The number of hydrogen-bond donors (Lipinski definition) is 3. The zero-order chi connectivity index (χ0) is 20.2. The van der Waals surface area contributed by atoms with Crippen molar-refractivity contribution in [2.45, 2.75) is 52.7 Å². The predicted molar refractivity (Wildman–Crippen MR) is 106 cm³/mol. The lowest BCUT2D eigenvalue weighted by Gasteiger charge is -2.28. The first kappa shape index (κ1) is 23.0. The Balaban J connectivity index is 0.000000387. The minimum Gasteiger partial charge on any atom is -0.490 e. The zero-order valence-corrected chi connectivity index (χ0v) is 16.9. The number of unbranched alkanes of at least 4 members (excludes halogenated alkanes) is 1. The van der Waals surface area contributed by atoms with Crippen LogP contribution in [0, 0.1) is 5.92 Å². The summed E-state index contributed by atoms with van der Waals surface area (Å²) in [5.74, 6) is 1.36. The maximum absolute atomic E-state index is 10.0. The Bertz CT molecular complexity index is 565. The highest BCUT2D eigenvalue weighted by Crippen LogP contribution is 2.40. The van der Waals surface area contributed by atoms with E-state index in [0.717, 1.165) is 30.3 Å². The highest BCUT2D eigenvalue weighted by Gasteiger charge is 2.23. The lowest BCUT2D eigenvalue weighted by atomic mass is 10.1. The molecule has 1 aliphatic rings. The number of carbonyl (C=O) groups is 1. The van der Waals surface area contributed by atoms with Gasteiger partial charge in [0.25, 0.3) is 0 Å². The number of fused-ring (bicyclic) bond motifs is 1. The van der Waals surface area contributed by atoms with Crippen LogP contribution < -0.4 is 25.3 Å². The fraction of sp³-hybridized carbons (Fsp3) is 0.650. The first-order chi connectivity index (χ1) is 12.9. The molecule has 0 aromatic heterocycles. The Kier molecular flexibility index (Phi) is 10.6. The van der Waals surface area contributed by atoms with Crippen LogP contribution in [-0.2, 0) is 4.79 Å². The molecule has 2 atom stereocenters. The predicted octanol–water partition coefficient (Wildman–Crippen LogP) is 2.67. The summed E-state index contributed by atoms with van der Waals surface area (Å²) in [6.07, 6.45) is 2.44. The number of nitrogens with two attached hydrogens (primary N) is 1. The molecule has 1 aromatic carbocycles. The zero-order valence-electron chi connectivity index (χ0n) is 16.9. The second-order valence-electron chi connectivity index (χ2n) is 6.73. The van der Waals surface area contributed by atoms with Crippen LogP contribution >= 0.6 is 0 Å². The van der Waals surface area contributed by atoms with Gasteiger partial charge in [0, 0.05) is 6.54 Å². The third kappa shape index (κ3) is 8.05. The van der Waals surface area contributed by atoms with Crippen molar-refractivity contribution in [2.75, 3.05) is 26.3 Å². The molecule has 2 rings (SSSR count). The molecule has 7 nitrogen and oxygen atoms in total. The largest absolute Gasteiger partial charge is 0.490 e. The van der Waals surface area contributed by atoms with E-state index in [1.807, 2.05) is 25.1 Å². The van der Waals surface area contributed by atoms with E-state index < -0.39 is 12.0 Å². The molecule has 0 saturated carbocycles. The van der Waals surface area contributed by atoms with E-state index in [-0.39, 0.29) is 12.0 Å². The lowest BCUT2D eigenvalue weighted by molar-refractivity contribution is -0.139. The van der Waals surface area contributed by atoms with Gasteiger partial charge in [0.05, 0.1) is 6.61 Å². The molecule has 4 N–H and O–H groups in total. The third-order valence-electron chi connectivity index (χ3n) is 4.03. The molecule has 0 spiro atoms. The van der Waals surface area contributed by atoms with Crippen molar-refractivity contribution in [1.82, 2.24) is 5.32 Å². The number of hydrogen-bond acceptors (Lipinski definition) is 6. The van der Waals surface area contributed by atoms with Crippen LogP contribution in [-0.4, -0.2) is 49.5 Å². The summed E-state index contributed by atoms with van der Waals surface area (Å²) in [7, 11) is 0. The summed E-state index contributed by atoms with van der Waals surface area (Å²) < 4.78 is 17.3. The molecule has 1 heterocycles. The number of ether oxygens (including phenoxy) is 3. The van der Waals surface area contributed by atoms with Gasteiger partial charge in [0.1, 0.15) is 18.8 Å². The summed E-state index contributed by atoms with van der Waals surface area (Å²) in [6.45, 7) is 10.7. The Hall–Kier alpha value is -1.99. The van der Waals surface area contributed by atoms with Crippen molar-refractivity contribution >= 4 is 5.97 Å². The quantitative estimate of drug-likeness (QED) is 0.564. The standard InChI is InChI=1S/C15H23NO3.C5H11NO2/c1-3-5-9-16-10-12-11-18-14-8-6-7-13(17-4-2)15(14)19-12;1-3(2)4(6)5(7)8/h6-8,12,16H,3-5,9-11H2,1-2H3;3-4H,6H2,1-2H3,(H,7,8)/t;4-/m.0/s1. The van der Waals surface area contributed by atoms with Crippen molar-refractivity contribution in [3.63, 3.8) is 0 Å². The molecule has 0 aliphatic carbocycles. The molecule has 1 aliphatic heterocycles. The van der Waals surface area contributed by atoms with Crippen molar-refractivity contribution < 1.29 is 24.1 Å². The molecule has 0 radical (unpaired) electrons. The molecule has 154 valence electrons. The molecule has 0 saturated heterocycles. The molecule has 7 heteroatoms. The van der Waals surface area contributed by atoms with Crippen LogP contribution in [0.2, 0.25) is 0 Å². The molecular weight excluding hydrogens is 348 g/mol. The highest BCUT2D eigenvalue weighted by atomic mass is 16.6. The summed E-state index contributed by atoms with van der Waals surface area (Å²) in [6, 6.07) is 5.04. The van der Waals surface area contributed by atoms with Crippen LogP contribution in [0.15, 0.2) is 18.2 Å².